The van der Waals surface area contributed by atoms with Gasteiger partial charge in [0.15, 0.2) is 0 Å². The Morgan fingerprint density at radius 2 is 1.74 bits per heavy atom. The van der Waals surface area contributed by atoms with Crippen LogP contribution in [0.4, 0.5) is 11.8 Å². The zero-order valence-corrected chi connectivity index (χ0v) is 15.8. The molecular weight excluding hydrogens is 340 g/mol. The number of nitrogens with zero attached hydrogens (tertiary/aromatic N) is 6. The Morgan fingerprint density at radius 1 is 0.926 bits per heavy atom. The summed E-state index contributed by atoms with van der Waals surface area (Å²) in [7, 11) is 0. The maximum Gasteiger partial charge on any atom is 0.242 e. The van der Waals surface area contributed by atoms with E-state index in [-0.39, 0.29) is 0 Å². The van der Waals surface area contributed by atoms with Crippen molar-refractivity contribution in [3.63, 3.8) is 0 Å². The van der Waals surface area contributed by atoms with Gasteiger partial charge in [-0.25, -0.2) is 15.0 Å². The molecule has 0 bridgehead atoms. The van der Waals surface area contributed by atoms with Gasteiger partial charge in [-0.3, -0.25) is 0 Å². The fraction of sp³-hybridized carbons (Fsp3) is 0.421. The number of hydrogen-bond donors (Lipinski definition) is 2. The van der Waals surface area contributed by atoms with Crippen LogP contribution in [0.3, 0.4) is 0 Å². The van der Waals surface area contributed by atoms with E-state index in [2.05, 4.69) is 46.4 Å². The Kier molecular flexibility index (Phi) is 4.70. The molecule has 8 heteroatoms. The van der Waals surface area contributed by atoms with Crippen molar-refractivity contribution >= 4 is 11.8 Å². The third-order valence-electron chi connectivity index (χ3n) is 4.82. The normalized spacial score (nSPS) is 19.2. The van der Waals surface area contributed by atoms with Gasteiger partial charge in [0, 0.05) is 18.3 Å². The van der Waals surface area contributed by atoms with Crippen LogP contribution in [0.25, 0.3) is 5.69 Å². The van der Waals surface area contributed by atoms with Crippen LogP contribution < -0.4 is 10.6 Å². The van der Waals surface area contributed by atoms with E-state index >= 15 is 0 Å². The molecule has 0 amide bonds. The highest BCUT2D eigenvalue weighted by Gasteiger charge is 2.25. The summed E-state index contributed by atoms with van der Waals surface area (Å²) in [4.78, 5) is 13.3. The van der Waals surface area contributed by atoms with E-state index in [1.165, 1.54) is 0 Å². The maximum absolute atomic E-state index is 4.57. The number of imidazole rings is 1. The van der Waals surface area contributed by atoms with Crippen LogP contribution in [0.5, 0.6) is 0 Å². The van der Waals surface area contributed by atoms with Gasteiger partial charge in [0.2, 0.25) is 5.95 Å². The van der Waals surface area contributed by atoms with E-state index in [9.17, 15) is 0 Å². The molecule has 1 aliphatic rings. The van der Waals surface area contributed by atoms with Gasteiger partial charge in [-0.15, -0.1) is 5.10 Å². The van der Waals surface area contributed by atoms with E-state index in [4.69, 9.17) is 0 Å². The second-order valence-electron chi connectivity index (χ2n) is 7.12. The van der Waals surface area contributed by atoms with E-state index < -0.39 is 0 Å². The molecule has 2 unspecified atom stereocenters. The summed E-state index contributed by atoms with van der Waals surface area (Å²) >= 11 is 0. The fourth-order valence-corrected chi connectivity index (χ4v) is 3.53. The van der Waals surface area contributed by atoms with Crippen molar-refractivity contribution in [1.82, 2.24) is 29.7 Å². The molecule has 2 N–H and O–H groups in total. The van der Waals surface area contributed by atoms with E-state index in [1.54, 1.807) is 6.20 Å². The van der Waals surface area contributed by atoms with Crippen molar-refractivity contribution in [2.24, 2.45) is 0 Å². The lowest BCUT2D eigenvalue weighted by Gasteiger charge is -2.15. The molecule has 8 nitrogen and oxygen atoms in total. The molecule has 2 atom stereocenters. The van der Waals surface area contributed by atoms with Gasteiger partial charge in [-0.05, 0) is 52.2 Å². The van der Waals surface area contributed by atoms with Crippen LogP contribution in [0.1, 0.15) is 36.5 Å². The second kappa shape index (κ2) is 7.30. The summed E-state index contributed by atoms with van der Waals surface area (Å²) in [6.45, 7) is 5.88. The number of pyridine rings is 1. The molecule has 0 aliphatic heterocycles. The van der Waals surface area contributed by atoms with Crippen LogP contribution >= 0.6 is 0 Å². The SMILES string of the molecule is Cc1cnc(NC2CCC(Nc3ccc(-n4cc(C)nc4C)cn3)C2)nn1. The Hall–Kier alpha value is -3.03. The summed E-state index contributed by atoms with van der Waals surface area (Å²) in [6.07, 6.45) is 8.79. The van der Waals surface area contributed by atoms with Crippen LogP contribution in [-0.2, 0) is 0 Å². The summed E-state index contributed by atoms with van der Waals surface area (Å²) in [5.74, 6) is 2.46. The molecule has 3 aromatic rings. The van der Waals surface area contributed by atoms with Gasteiger partial charge in [0.25, 0.3) is 0 Å². The first kappa shape index (κ1) is 17.4. The minimum atomic E-state index is 0.350. The van der Waals surface area contributed by atoms with Crippen molar-refractivity contribution in [2.45, 2.75) is 52.1 Å². The zero-order chi connectivity index (χ0) is 18.8. The van der Waals surface area contributed by atoms with Gasteiger partial charge in [-0.1, -0.05) is 0 Å². The molecule has 0 radical (unpaired) electrons. The monoisotopic (exact) mass is 364 g/mol. The van der Waals surface area contributed by atoms with Gasteiger partial charge in [0.05, 0.1) is 29.5 Å². The first-order chi connectivity index (χ1) is 13.1. The topological polar surface area (TPSA) is 93.4 Å². The number of nitrogens with one attached hydrogen (secondary N) is 2. The summed E-state index contributed by atoms with van der Waals surface area (Å²) < 4.78 is 2.05. The molecule has 140 valence electrons. The highest BCUT2D eigenvalue weighted by molar-refractivity contribution is 5.42. The lowest BCUT2D eigenvalue weighted by molar-refractivity contribution is 0.712. The zero-order valence-electron chi connectivity index (χ0n) is 15.8. The predicted molar refractivity (Wildman–Crippen MR) is 104 cm³/mol. The van der Waals surface area contributed by atoms with Crippen molar-refractivity contribution in [1.29, 1.82) is 0 Å². The minimum absolute atomic E-state index is 0.350. The summed E-state index contributed by atoms with van der Waals surface area (Å²) in [5.41, 5.74) is 2.85. The standard InChI is InChI=1S/C19H24N8/c1-12-9-21-19(26-25-12)24-16-5-4-15(8-16)23-18-7-6-17(10-20-18)27-11-13(2)22-14(27)3/h6-7,9-11,15-16H,4-5,8H2,1-3H3,(H,20,23)(H,21,24,26). The van der Waals surface area contributed by atoms with Crippen LogP contribution in [-0.4, -0.2) is 41.8 Å². The third-order valence-corrected chi connectivity index (χ3v) is 4.82. The average Bonchev–Trinajstić information content (AvgIpc) is 3.23. The fourth-order valence-electron chi connectivity index (χ4n) is 3.53. The average molecular weight is 364 g/mol. The van der Waals surface area contributed by atoms with Gasteiger partial charge < -0.3 is 15.2 Å². The molecule has 1 aliphatic carbocycles. The molecule has 27 heavy (non-hydrogen) atoms. The highest BCUT2D eigenvalue weighted by Crippen LogP contribution is 2.24. The highest BCUT2D eigenvalue weighted by atomic mass is 15.2. The second-order valence-corrected chi connectivity index (χ2v) is 7.12. The Morgan fingerprint density at radius 3 is 2.37 bits per heavy atom. The van der Waals surface area contributed by atoms with Crippen LogP contribution in [0.15, 0.2) is 30.7 Å². The van der Waals surface area contributed by atoms with Crippen molar-refractivity contribution in [2.75, 3.05) is 10.6 Å². The lowest BCUT2D eigenvalue weighted by atomic mass is 10.2. The molecule has 3 heterocycles. The van der Waals surface area contributed by atoms with Crippen molar-refractivity contribution < 1.29 is 0 Å². The van der Waals surface area contributed by atoms with Crippen molar-refractivity contribution in [3.8, 4) is 5.69 Å². The predicted octanol–water partition coefficient (Wildman–Crippen LogP) is 2.82. The first-order valence-electron chi connectivity index (χ1n) is 9.25. The number of hydrogen-bond acceptors (Lipinski definition) is 7. The minimum Gasteiger partial charge on any atom is -0.367 e. The van der Waals surface area contributed by atoms with E-state index in [0.717, 1.165) is 48.0 Å². The van der Waals surface area contributed by atoms with Gasteiger partial charge >= 0.3 is 0 Å². The molecule has 3 aromatic heterocycles. The molecule has 0 spiro atoms. The number of aromatic nitrogens is 6. The smallest absolute Gasteiger partial charge is 0.242 e. The molecule has 1 fully saturated rings. The molecule has 0 saturated heterocycles. The van der Waals surface area contributed by atoms with Crippen molar-refractivity contribution in [3.05, 3.63) is 47.9 Å². The molecule has 0 aromatic carbocycles. The van der Waals surface area contributed by atoms with E-state index in [0.29, 0.717) is 18.0 Å². The summed E-state index contributed by atoms with van der Waals surface area (Å²) in [5, 5.41) is 15.0. The number of anilines is 2. The Labute approximate surface area is 158 Å². The Bertz CT molecular complexity index is 900. The number of rotatable bonds is 5. The molecule has 1 saturated carbocycles. The molecule has 4 rings (SSSR count). The van der Waals surface area contributed by atoms with Crippen LogP contribution in [0, 0.1) is 20.8 Å². The largest absolute Gasteiger partial charge is 0.367 e. The third kappa shape index (κ3) is 4.05. The quantitative estimate of drug-likeness (QED) is 0.719. The van der Waals surface area contributed by atoms with Gasteiger partial charge in [0.1, 0.15) is 11.6 Å². The van der Waals surface area contributed by atoms with Crippen LogP contribution in [0.2, 0.25) is 0 Å². The van der Waals surface area contributed by atoms with E-state index in [1.807, 2.05) is 39.2 Å². The summed E-state index contributed by atoms with van der Waals surface area (Å²) in [6, 6.07) is 4.83. The Balaban J connectivity index is 1.34. The molecular formula is C19H24N8. The maximum atomic E-state index is 4.57. The van der Waals surface area contributed by atoms with Gasteiger partial charge in [-0.2, -0.15) is 5.10 Å². The number of aryl methyl sites for hydroxylation is 3. The lowest BCUT2D eigenvalue weighted by Crippen LogP contribution is -2.22. The first-order valence-corrected chi connectivity index (χ1v) is 9.25.